The van der Waals surface area contributed by atoms with Crippen LogP contribution in [0.1, 0.15) is 18.9 Å². The van der Waals surface area contributed by atoms with E-state index in [1.165, 1.54) is 22.6 Å². The molecule has 1 aromatic carbocycles. The maximum absolute atomic E-state index is 3.50. The van der Waals surface area contributed by atoms with Gasteiger partial charge in [0.25, 0.3) is 0 Å². The first-order valence-electron chi connectivity index (χ1n) is 4.77. The van der Waals surface area contributed by atoms with Crippen molar-refractivity contribution in [2.24, 2.45) is 0 Å². The summed E-state index contributed by atoms with van der Waals surface area (Å²) in [5.74, 6) is 0. The lowest BCUT2D eigenvalue weighted by Gasteiger charge is -2.09. The fourth-order valence-corrected chi connectivity index (χ4v) is 2.82. The topological polar surface area (TPSA) is 12.0 Å². The van der Waals surface area contributed by atoms with Gasteiger partial charge in [-0.2, -0.15) is 0 Å². The second-order valence-electron chi connectivity index (χ2n) is 3.59. The van der Waals surface area contributed by atoms with Gasteiger partial charge in [0.1, 0.15) is 0 Å². The van der Waals surface area contributed by atoms with Crippen molar-refractivity contribution in [1.29, 1.82) is 0 Å². The first-order valence-corrected chi connectivity index (χ1v) is 5.65. The molecule has 2 heteroatoms. The first-order chi connectivity index (χ1) is 6.27. The van der Waals surface area contributed by atoms with Crippen molar-refractivity contribution in [2.75, 3.05) is 11.9 Å². The van der Waals surface area contributed by atoms with Crippen LogP contribution in [0.2, 0.25) is 0 Å². The third kappa shape index (κ3) is 1.83. The lowest BCUT2D eigenvalue weighted by molar-refractivity contribution is 0.859. The van der Waals surface area contributed by atoms with Crippen molar-refractivity contribution in [3.05, 3.63) is 23.8 Å². The molecule has 0 aromatic heterocycles. The molecule has 0 saturated heterocycles. The minimum atomic E-state index is 0.732. The van der Waals surface area contributed by atoms with E-state index in [0.29, 0.717) is 0 Å². The summed E-state index contributed by atoms with van der Waals surface area (Å²) in [4.78, 5) is 1.41. The highest BCUT2D eigenvalue weighted by Crippen LogP contribution is 2.36. The van der Waals surface area contributed by atoms with Gasteiger partial charge in [-0.05, 0) is 25.0 Å². The number of hydrogen-bond donors (Lipinski definition) is 1. The van der Waals surface area contributed by atoms with Gasteiger partial charge < -0.3 is 5.32 Å². The van der Waals surface area contributed by atoms with Crippen LogP contribution in [0.25, 0.3) is 0 Å². The second kappa shape index (κ2) is 3.62. The van der Waals surface area contributed by atoms with Gasteiger partial charge >= 0.3 is 0 Å². The van der Waals surface area contributed by atoms with Crippen LogP contribution in [-0.4, -0.2) is 11.8 Å². The number of aryl methyl sites for hydroxylation is 1. The highest BCUT2D eigenvalue weighted by atomic mass is 32.2. The van der Waals surface area contributed by atoms with Gasteiger partial charge in [-0.1, -0.05) is 19.1 Å². The molecule has 1 N–H and O–H groups in total. The molecule has 0 aliphatic carbocycles. The smallest absolute Gasteiger partial charge is 0.0508 e. The van der Waals surface area contributed by atoms with Crippen LogP contribution >= 0.6 is 11.8 Å². The Balaban J connectivity index is 2.39. The standard InChI is InChI=1S/C11H15NS/c1-8-4-3-5-10-11(8)12-7-6-9(2)13-10/h3-5,9,12H,6-7H2,1-2H3. The lowest BCUT2D eigenvalue weighted by atomic mass is 10.2. The molecule has 13 heavy (non-hydrogen) atoms. The van der Waals surface area contributed by atoms with Gasteiger partial charge in [0, 0.05) is 16.7 Å². The predicted octanol–water partition coefficient (Wildman–Crippen LogP) is 3.29. The highest BCUT2D eigenvalue weighted by Gasteiger charge is 2.13. The minimum Gasteiger partial charge on any atom is -0.384 e. The van der Waals surface area contributed by atoms with Gasteiger partial charge in [-0.3, -0.25) is 0 Å². The molecule has 0 bridgehead atoms. The van der Waals surface area contributed by atoms with E-state index < -0.39 is 0 Å². The van der Waals surface area contributed by atoms with E-state index >= 15 is 0 Å². The number of benzene rings is 1. The number of anilines is 1. The molecule has 1 nitrogen and oxygen atoms in total. The summed E-state index contributed by atoms with van der Waals surface area (Å²) in [7, 11) is 0. The average molecular weight is 193 g/mol. The van der Waals surface area contributed by atoms with Crippen LogP contribution < -0.4 is 5.32 Å². The Morgan fingerprint density at radius 3 is 3.15 bits per heavy atom. The molecule has 1 aromatic rings. The van der Waals surface area contributed by atoms with Crippen LogP contribution in [0, 0.1) is 6.92 Å². The zero-order valence-corrected chi connectivity index (χ0v) is 8.95. The molecule has 0 amide bonds. The first kappa shape index (κ1) is 8.95. The quantitative estimate of drug-likeness (QED) is 0.678. The number of fused-ring (bicyclic) bond motifs is 1. The maximum atomic E-state index is 3.50. The van der Waals surface area contributed by atoms with Gasteiger partial charge in [0.05, 0.1) is 5.69 Å². The average Bonchev–Trinajstić information content (AvgIpc) is 2.27. The van der Waals surface area contributed by atoms with Crippen molar-refractivity contribution >= 4 is 17.4 Å². The van der Waals surface area contributed by atoms with E-state index in [-0.39, 0.29) is 0 Å². The van der Waals surface area contributed by atoms with Crippen molar-refractivity contribution < 1.29 is 0 Å². The van der Waals surface area contributed by atoms with E-state index in [1.807, 2.05) is 11.8 Å². The maximum Gasteiger partial charge on any atom is 0.0508 e. The predicted molar refractivity (Wildman–Crippen MR) is 59.6 cm³/mol. The summed E-state index contributed by atoms with van der Waals surface area (Å²) in [5.41, 5.74) is 2.70. The zero-order chi connectivity index (χ0) is 9.26. The van der Waals surface area contributed by atoms with Gasteiger partial charge in [-0.25, -0.2) is 0 Å². The molecule has 1 heterocycles. The number of rotatable bonds is 0. The van der Waals surface area contributed by atoms with Gasteiger partial charge in [0.2, 0.25) is 0 Å². The number of nitrogens with one attached hydrogen (secondary N) is 1. The summed E-state index contributed by atoms with van der Waals surface area (Å²) >= 11 is 1.98. The highest BCUT2D eigenvalue weighted by molar-refractivity contribution is 8.00. The molecule has 1 aliphatic heterocycles. The Kier molecular flexibility index (Phi) is 2.49. The molecule has 0 fully saturated rings. The SMILES string of the molecule is Cc1cccc2c1NCCC(C)S2. The lowest BCUT2D eigenvalue weighted by Crippen LogP contribution is -2.04. The molecular weight excluding hydrogens is 178 g/mol. The third-order valence-electron chi connectivity index (χ3n) is 2.42. The van der Waals surface area contributed by atoms with E-state index in [4.69, 9.17) is 0 Å². The molecular formula is C11H15NS. The Labute approximate surface area is 83.9 Å². The summed E-state index contributed by atoms with van der Waals surface area (Å²) in [6.45, 7) is 5.57. The van der Waals surface area contributed by atoms with E-state index in [9.17, 15) is 0 Å². The van der Waals surface area contributed by atoms with Crippen LogP contribution in [0.3, 0.4) is 0 Å². The fraction of sp³-hybridized carbons (Fsp3) is 0.455. The van der Waals surface area contributed by atoms with E-state index in [1.54, 1.807) is 0 Å². The van der Waals surface area contributed by atoms with Crippen LogP contribution in [-0.2, 0) is 0 Å². The van der Waals surface area contributed by atoms with Gasteiger partial charge in [0.15, 0.2) is 0 Å². The molecule has 1 atom stereocenters. The van der Waals surface area contributed by atoms with Crippen LogP contribution in [0.5, 0.6) is 0 Å². The molecule has 1 aliphatic rings. The zero-order valence-electron chi connectivity index (χ0n) is 8.13. The van der Waals surface area contributed by atoms with Crippen molar-refractivity contribution in [1.82, 2.24) is 0 Å². The van der Waals surface area contributed by atoms with Gasteiger partial charge in [-0.15, -0.1) is 11.8 Å². The summed E-state index contributed by atoms with van der Waals surface area (Å²) < 4.78 is 0. The van der Waals surface area contributed by atoms with Crippen LogP contribution in [0.15, 0.2) is 23.1 Å². The molecule has 70 valence electrons. The Morgan fingerprint density at radius 1 is 1.46 bits per heavy atom. The number of hydrogen-bond acceptors (Lipinski definition) is 2. The summed E-state index contributed by atoms with van der Waals surface area (Å²) in [6, 6.07) is 6.52. The molecule has 2 rings (SSSR count). The van der Waals surface area contributed by atoms with Crippen molar-refractivity contribution in [2.45, 2.75) is 30.4 Å². The van der Waals surface area contributed by atoms with Crippen molar-refractivity contribution in [3.8, 4) is 0 Å². The largest absolute Gasteiger partial charge is 0.384 e. The monoisotopic (exact) mass is 193 g/mol. The van der Waals surface area contributed by atoms with Crippen molar-refractivity contribution in [3.63, 3.8) is 0 Å². The molecule has 0 spiro atoms. The minimum absolute atomic E-state index is 0.732. The fourth-order valence-electron chi connectivity index (χ4n) is 1.64. The third-order valence-corrected chi connectivity index (χ3v) is 3.65. The molecule has 0 saturated carbocycles. The Morgan fingerprint density at radius 2 is 2.31 bits per heavy atom. The summed E-state index contributed by atoms with van der Waals surface area (Å²) in [5, 5.41) is 4.23. The number of para-hydroxylation sites is 1. The Bertz CT molecular complexity index is 309. The normalized spacial score (nSPS) is 21.5. The molecule has 0 radical (unpaired) electrons. The van der Waals surface area contributed by atoms with E-state index in [2.05, 4.69) is 37.4 Å². The Hall–Kier alpha value is -0.630. The number of thioether (sulfide) groups is 1. The second-order valence-corrected chi connectivity index (χ2v) is 5.07. The van der Waals surface area contributed by atoms with Crippen LogP contribution in [0.4, 0.5) is 5.69 Å². The van der Waals surface area contributed by atoms with E-state index in [0.717, 1.165) is 11.8 Å². The summed E-state index contributed by atoms with van der Waals surface area (Å²) in [6.07, 6.45) is 1.25. The molecule has 1 unspecified atom stereocenters.